The number of nitrogens with zero attached hydrogens (tertiary/aromatic N) is 1. The van der Waals surface area contributed by atoms with Crippen LogP contribution in [0.4, 0.5) is 0 Å². The normalized spacial score (nSPS) is 15.9. The molecule has 2 aliphatic heterocycles. The summed E-state index contributed by atoms with van der Waals surface area (Å²) in [4.78, 5) is 15.6. The van der Waals surface area contributed by atoms with Gasteiger partial charge in [-0.05, 0) is 55.7 Å². The molecule has 6 heteroatoms. The van der Waals surface area contributed by atoms with Crippen molar-refractivity contribution >= 4 is 11.9 Å². The molecule has 0 N–H and O–H groups in total. The van der Waals surface area contributed by atoms with Crippen molar-refractivity contribution in [3.8, 4) is 23.0 Å². The predicted octanol–water partition coefficient (Wildman–Crippen LogP) is 5.41. The number of ketones is 1. The molecule has 0 aliphatic carbocycles. The molecule has 3 aromatic carbocycles. The van der Waals surface area contributed by atoms with Crippen LogP contribution in [-0.4, -0.2) is 38.2 Å². The van der Waals surface area contributed by atoms with E-state index in [2.05, 4.69) is 29.2 Å². The summed E-state index contributed by atoms with van der Waals surface area (Å²) in [5.74, 6) is 2.81. The van der Waals surface area contributed by atoms with Crippen molar-refractivity contribution in [2.24, 2.45) is 0 Å². The van der Waals surface area contributed by atoms with Crippen LogP contribution in [0.2, 0.25) is 0 Å². The van der Waals surface area contributed by atoms with Gasteiger partial charge in [-0.3, -0.25) is 9.69 Å². The van der Waals surface area contributed by atoms with Gasteiger partial charge in [-0.2, -0.15) is 0 Å². The van der Waals surface area contributed by atoms with E-state index in [1.165, 1.54) is 5.56 Å². The van der Waals surface area contributed by atoms with Gasteiger partial charge >= 0.3 is 0 Å². The van der Waals surface area contributed by atoms with Gasteiger partial charge in [0.05, 0.1) is 19.8 Å². The zero-order valence-corrected chi connectivity index (χ0v) is 20.3. The molecule has 6 nitrogen and oxygen atoms in total. The summed E-state index contributed by atoms with van der Waals surface area (Å²) >= 11 is 0. The van der Waals surface area contributed by atoms with Crippen molar-refractivity contribution in [2.75, 3.05) is 27.5 Å². The van der Waals surface area contributed by atoms with E-state index in [1.807, 2.05) is 37.3 Å². The molecule has 180 valence electrons. The highest BCUT2D eigenvalue weighted by Gasteiger charge is 2.33. The highest BCUT2D eigenvalue weighted by atomic mass is 16.5. The van der Waals surface area contributed by atoms with Gasteiger partial charge in [-0.15, -0.1) is 0 Å². The van der Waals surface area contributed by atoms with Crippen molar-refractivity contribution in [3.63, 3.8) is 0 Å². The molecule has 0 atom stereocenters. The van der Waals surface area contributed by atoms with E-state index in [9.17, 15) is 4.79 Å². The van der Waals surface area contributed by atoms with Crippen molar-refractivity contribution < 1.29 is 23.7 Å². The number of fused-ring (bicyclic) bond motifs is 2. The topological polar surface area (TPSA) is 57.2 Å². The lowest BCUT2D eigenvalue weighted by Crippen LogP contribution is -2.33. The Balaban J connectivity index is 1.35. The minimum Gasteiger partial charge on any atom is -0.497 e. The first kappa shape index (κ1) is 23.0. The number of allylic oxidation sites excluding steroid dienone is 1. The average Bonchev–Trinajstić information content (AvgIpc) is 3.20. The van der Waals surface area contributed by atoms with Gasteiger partial charge in [0.15, 0.2) is 5.76 Å². The molecule has 3 aromatic rings. The monoisotopic (exact) mass is 471 g/mol. The fourth-order valence-corrected chi connectivity index (χ4v) is 4.68. The summed E-state index contributed by atoms with van der Waals surface area (Å²) in [6.45, 7) is 4.15. The van der Waals surface area contributed by atoms with Gasteiger partial charge in [0.2, 0.25) is 5.78 Å². The van der Waals surface area contributed by atoms with Gasteiger partial charge in [-0.25, -0.2) is 0 Å². The molecule has 0 unspecified atom stereocenters. The third-order valence-corrected chi connectivity index (χ3v) is 6.51. The second-order valence-corrected chi connectivity index (χ2v) is 8.83. The maximum absolute atomic E-state index is 13.3. The summed E-state index contributed by atoms with van der Waals surface area (Å²) in [7, 11) is 3.20. The number of carbonyl (C=O) groups is 1. The Morgan fingerprint density at radius 1 is 1.03 bits per heavy atom. The number of carbonyl (C=O) groups excluding carboxylic acids is 1. The zero-order chi connectivity index (χ0) is 24.4. The number of hydrogen-bond donors (Lipinski definition) is 0. The van der Waals surface area contributed by atoms with E-state index in [-0.39, 0.29) is 11.5 Å². The van der Waals surface area contributed by atoms with E-state index in [1.54, 1.807) is 20.3 Å². The fourth-order valence-electron chi connectivity index (χ4n) is 4.68. The van der Waals surface area contributed by atoms with E-state index in [0.29, 0.717) is 35.1 Å². The molecule has 35 heavy (non-hydrogen) atoms. The molecule has 0 spiro atoms. The zero-order valence-electron chi connectivity index (χ0n) is 20.3. The lowest BCUT2D eigenvalue weighted by atomic mass is 9.99. The van der Waals surface area contributed by atoms with Gasteiger partial charge in [0.1, 0.15) is 29.7 Å². The van der Waals surface area contributed by atoms with Crippen LogP contribution in [0.5, 0.6) is 23.0 Å². The van der Waals surface area contributed by atoms with E-state index in [4.69, 9.17) is 18.9 Å². The molecule has 2 aliphatic rings. The third-order valence-electron chi connectivity index (χ3n) is 6.51. The second kappa shape index (κ2) is 9.84. The van der Waals surface area contributed by atoms with Crippen molar-refractivity contribution in [3.05, 3.63) is 88.2 Å². The number of ether oxygens (including phenoxy) is 4. The summed E-state index contributed by atoms with van der Waals surface area (Å²) < 4.78 is 23.0. The molecule has 0 aromatic heterocycles. The smallest absolute Gasteiger partial charge is 0.231 e. The summed E-state index contributed by atoms with van der Waals surface area (Å²) in [5, 5.41) is 0. The second-order valence-electron chi connectivity index (χ2n) is 8.83. The average molecular weight is 472 g/mol. The molecule has 5 rings (SSSR count). The lowest BCUT2D eigenvalue weighted by molar-refractivity contribution is 0.0932. The Kier molecular flexibility index (Phi) is 6.47. The highest BCUT2D eigenvalue weighted by molar-refractivity contribution is 6.15. The van der Waals surface area contributed by atoms with Gasteiger partial charge < -0.3 is 18.9 Å². The van der Waals surface area contributed by atoms with Crippen molar-refractivity contribution in [1.29, 1.82) is 0 Å². The molecule has 0 fully saturated rings. The largest absolute Gasteiger partial charge is 0.497 e. The Morgan fingerprint density at radius 2 is 1.86 bits per heavy atom. The lowest BCUT2D eigenvalue weighted by Gasteiger charge is -2.30. The van der Waals surface area contributed by atoms with Crippen LogP contribution in [0.15, 0.2) is 60.4 Å². The number of Topliss-reactive ketones (excluding diaryl/α,β-unsaturated/α-hetero) is 1. The van der Waals surface area contributed by atoms with Gasteiger partial charge in [0.25, 0.3) is 0 Å². The van der Waals surface area contributed by atoms with Crippen LogP contribution in [0.25, 0.3) is 6.08 Å². The highest BCUT2D eigenvalue weighted by Crippen LogP contribution is 2.43. The first-order valence-electron chi connectivity index (χ1n) is 11.8. The molecule has 2 heterocycles. The van der Waals surface area contributed by atoms with E-state index in [0.717, 1.165) is 42.8 Å². The fraction of sp³-hybridized carbons (Fsp3) is 0.276. The molecular formula is C29H29NO5. The quantitative estimate of drug-likeness (QED) is 0.429. The molecular weight excluding hydrogens is 442 g/mol. The Morgan fingerprint density at radius 3 is 2.63 bits per heavy atom. The number of benzene rings is 3. The van der Waals surface area contributed by atoms with Crippen LogP contribution in [0.1, 0.15) is 39.0 Å². The molecule has 0 bridgehead atoms. The minimum atomic E-state index is -0.142. The van der Waals surface area contributed by atoms with Crippen molar-refractivity contribution in [2.45, 2.75) is 26.3 Å². The summed E-state index contributed by atoms with van der Waals surface area (Å²) in [5.41, 5.74) is 4.50. The first-order chi connectivity index (χ1) is 17.1. The molecule has 0 amide bonds. The van der Waals surface area contributed by atoms with Gasteiger partial charge in [0, 0.05) is 29.8 Å². The summed E-state index contributed by atoms with van der Waals surface area (Å²) in [6.07, 6.45) is 3.78. The van der Waals surface area contributed by atoms with Gasteiger partial charge in [-0.1, -0.05) is 30.3 Å². The van der Waals surface area contributed by atoms with E-state index >= 15 is 0 Å². The molecule has 0 radical (unpaired) electrons. The van der Waals surface area contributed by atoms with Crippen LogP contribution in [-0.2, 0) is 13.0 Å². The minimum absolute atomic E-state index is 0.142. The third kappa shape index (κ3) is 4.62. The molecule has 0 saturated carbocycles. The van der Waals surface area contributed by atoms with Crippen molar-refractivity contribution in [1.82, 2.24) is 4.90 Å². The SMILES string of the molecule is COc1ccc(OC)c(/C=C2\Oc3c(cc4c(c3C)OCN(CCCc3ccccc3)C4)C2=O)c1. The Labute approximate surface area is 205 Å². The number of methoxy groups -OCH3 is 2. The van der Waals surface area contributed by atoms with Crippen LogP contribution in [0, 0.1) is 6.92 Å². The van der Waals surface area contributed by atoms with Crippen LogP contribution in [0.3, 0.4) is 0 Å². The standard InChI is InChI=1S/C29H29NO5/c1-19-28-22(17-30(18-34-28)13-7-10-20-8-5-4-6-9-20)15-24-27(31)26(35-29(19)24)16-21-14-23(32-2)11-12-25(21)33-3/h4-6,8-9,11-12,14-16H,7,10,13,17-18H2,1-3H3/b26-16-. The Hall–Kier alpha value is -3.77. The number of hydrogen-bond acceptors (Lipinski definition) is 6. The maximum atomic E-state index is 13.3. The van der Waals surface area contributed by atoms with Crippen LogP contribution >= 0.6 is 0 Å². The predicted molar refractivity (Wildman–Crippen MR) is 134 cm³/mol. The maximum Gasteiger partial charge on any atom is 0.231 e. The number of rotatable bonds is 7. The number of aryl methyl sites for hydroxylation is 1. The summed E-state index contributed by atoms with van der Waals surface area (Å²) in [6, 6.07) is 17.9. The van der Waals surface area contributed by atoms with Crippen LogP contribution < -0.4 is 18.9 Å². The first-order valence-corrected chi connectivity index (χ1v) is 11.8. The Bertz CT molecular complexity index is 1280. The molecule has 0 saturated heterocycles. The van der Waals surface area contributed by atoms with E-state index < -0.39 is 0 Å².